The Kier molecular flexibility index (Phi) is 5.84. The number of aromatic nitrogens is 1. The molecule has 28 heavy (non-hydrogen) atoms. The van der Waals surface area contributed by atoms with E-state index in [4.69, 9.17) is 0 Å². The average molecular weight is 375 g/mol. The Hall–Kier alpha value is -3.47. The highest BCUT2D eigenvalue weighted by Crippen LogP contribution is 2.21. The van der Waals surface area contributed by atoms with Gasteiger partial charge in [0.2, 0.25) is 0 Å². The molecular formula is C23H22FN3O. The van der Waals surface area contributed by atoms with E-state index in [2.05, 4.69) is 10.5 Å². The molecule has 0 aliphatic heterocycles. The van der Waals surface area contributed by atoms with Crippen molar-refractivity contribution in [3.05, 3.63) is 94.6 Å². The third-order valence-corrected chi connectivity index (χ3v) is 4.39. The number of allylic oxidation sites excluding steroid dienone is 1. The van der Waals surface area contributed by atoms with Crippen molar-refractivity contribution in [1.29, 1.82) is 0 Å². The monoisotopic (exact) mass is 375 g/mol. The van der Waals surface area contributed by atoms with Crippen molar-refractivity contribution in [2.24, 2.45) is 5.10 Å². The number of benzene rings is 2. The van der Waals surface area contributed by atoms with Gasteiger partial charge in [-0.1, -0.05) is 36.4 Å². The van der Waals surface area contributed by atoms with Crippen LogP contribution in [0.5, 0.6) is 0 Å². The number of hydrogen-bond acceptors (Lipinski definition) is 2. The lowest BCUT2D eigenvalue weighted by molar-refractivity contribution is 0.0954. The Morgan fingerprint density at radius 3 is 2.43 bits per heavy atom. The van der Waals surface area contributed by atoms with E-state index in [9.17, 15) is 9.18 Å². The van der Waals surface area contributed by atoms with Crippen molar-refractivity contribution in [1.82, 2.24) is 9.99 Å². The van der Waals surface area contributed by atoms with Crippen LogP contribution >= 0.6 is 0 Å². The molecule has 5 heteroatoms. The molecule has 0 aliphatic rings. The zero-order chi connectivity index (χ0) is 20.1. The predicted octanol–water partition coefficient (Wildman–Crippen LogP) is 5.05. The lowest BCUT2D eigenvalue weighted by Gasteiger charge is -2.09. The molecule has 0 fully saturated rings. The molecule has 0 unspecified atom stereocenters. The molecule has 4 nitrogen and oxygen atoms in total. The molecule has 0 aliphatic carbocycles. The van der Waals surface area contributed by atoms with Gasteiger partial charge in [-0.05, 0) is 62.2 Å². The summed E-state index contributed by atoms with van der Waals surface area (Å²) in [5.74, 6) is -0.581. The highest BCUT2D eigenvalue weighted by atomic mass is 19.1. The maximum absolute atomic E-state index is 13.2. The fourth-order valence-electron chi connectivity index (χ4n) is 3.08. The number of hydrazone groups is 1. The number of amides is 1. The summed E-state index contributed by atoms with van der Waals surface area (Å²) in [4.78, 5) is 12.5. The molecule has 1 aromatic heterocycles. The molecule has 0 saturated heterocycles. The summed E-state index contributed by atoms with van der Waals surface area (Å²) in [5, 5.41) is 4.06. The Morgan fingerprint density at radius 1 is 1.07 bits per heavy atom. The number of halogens is 1. The summed E-state index contributed by atoms with van der Waals surface area (Å²) in [6.07, 6.45) is 3.60. The second-order valence-corrected chi connectivity index (χ2v) is 6.59. The third-order valence-electron chi connectivity index (χ3n) is 4.39. The molecule has 0 bridgehead atoms. The summed E-state index contributed by atoms with van der Waals surface area (Å²) in [6, 6.07) is 17.9. The first kappa shape index (κ1) is 19.3. The van der Waals surface area contributed by atoms with Crippen LogP contribution in [0.25, 0.3) is 11.8 Å². The average Bonchev–Trinajstić information content (AvgIpc) is 2.98. The van der Waals surface area contributed by atoms with Crippen molar-refractivity contribution in [3.63, 3.8) is 0 Å². The molecular weight excluding hydrogens is 353 g/mol. The van der Waals surface area contributed by atoms with E-state index in [1.807, 2.05) is 61.7 Å². The van der Waals surface area contributed by atoms with Crippen LogP contribution in [0.4, 0.5) is 4.39 Å². The van der Waals surface area contributed by atoms with Gasteiger partial charge in [-0.15, -0.1) is 0 Å². The number of nitrogens with one attached hydrogen (secondary N) is 1. The first-order valence-corrected chi connectivity index (χ1v) is 8.97. The van der Waals surface area contributed by atoms with Crippen LogP contribution in [-0.2, 0) is 0 Å². The molecule has 0 saturated carbocycles. The van der Waals surface area contributed by atoms with E-state index < -0.39 is 0 Å². The van der Waals surface area contributed by atoms with Gasteiger partial charge in [0.25, 0.3) is 5.91 Å². The van der Waals surface area contributed by atoms with Crippen LogP contribution in [0, 0.1) is 19.7 Å². The maximum Gasteiger partial charge on any atom is 0.273 e. The number of carbonyl (C=O) groups is 1. The van der Waals surface area contributed by atoms with Crippen LogP contribution in [0.15, 0.2) is 71.3 Å². The Labute approximate surface area is 164 Å². The van der Waals surface area contributed by atoms with Gasteiger partial charge in [0.15, 0.2) is 0 Å². The highest BCUT2D eigenvalue weighted by molar-refractivity contribution is 5.96. The van der Waals surface area contributed by atoms with Gasteiger partial charge in [-0.25, -0.2) is 9.82 Å². The van der Waals surface area contributed by atoms with Crippen molar-refractivity contribution in [3.8, 4) is 5.69 Å². The summed E-state index contributed by atoms with van der Waals surface area (Å²) >= 11 is 0. The molecule has 1 amide bonds. The SMILES string of the molecule is CC(C=NNC(=O)c1cc(C)n(-c2ccc(F)cc2)c1C)=Cc1ccccc1. The van der Waals surface area contributed by atoms with Crippen LogP contribution < -0.4 is 5.43 Å². The van der Waals surface area contributed by atoms with Crippen molar-refractivity contribution < 1.29 is 9.18 Å². The van der Waals surface area contributed by atoms with Crippen LogP contribution in [-0.4, -0.2) is 16.7 Å². The highest BCUT2D eigenvalue weighted by Gasteiger charge is 2.16. The molecule has 2 aromatic carbocycles. The van der Waals surface area contributed by atoms with Crippen molar-refractivity contribution >= 4 is 18.2 Å². The standard InChI is InChI=1S/C23H22FN3O/c1-16(13-19-7-5-4-6-8-19)15-25-26-23(28)22-14-17(2)27(18(22)3)21-11-9-20(24)10-12-21/h4-15H,1-3H3,(H,26,28). The number of carbonyl (C=O) groups excluding carboxylic acids is 1. The van der Waals surface area contributed by atoms with Gasteiger partial charge in [-0.2, -0.15) is 5.10 Å². The Morgan fingerprint density at radius 2 is 1.75 bits per heavy atom. The Bertz CT molecular complexity index is 1030. The van der Waals surface area contributed by atoms with Crippen LogP contribution in [0.3, 0.4) is 0 Å². The minimum Gasteiger partial charge on any atom is -0.318 e. The topological polar surface area (TPSA) is 46.4 Å². The molecule has 3 rings (SSSR count). The van der Waals surface area contributed by atoms with Crippen molar-refractivity contribution in [2.75, 3.05) is 0 Å². The van der Waals surface area contributed by atoms with E-state index in [-0.39, 0.29) is 11.7 Å². The van der Waals surface area contributed by atoms with Gasteiger partial charge in [0, 0.05) is 17.1 Å². The predicted molar refractivity (Wildman–Crippen MR) is 111 cm³/mol. The quantitative estimate of drug-likeness (QED) is 0.492. The molecule has 142 valence electrons. The van der Waals surface area contributed by atoms with Gasteiger partial charge in [0.1, 0.15) is 5.82 Å². The summed E-state index contributed by atoms with van der Waals surface area (Å²) in [7, 11) is 0. The summed E-state index contributed by atoms with van der Waals surface area (Å²) in [6.45, 7) is 5.68. The lowest BCUT2D eigenvalue weighted by atomic mass is 10.1. The summed E-state index contributed by atoms with van der Waals surface area (Å²) in [5.41, 5.74) is 7.56. The number of aryl methyl sites for hydroxylation is 1. The molecule has 1 heterocycles. The fraction of sp³-hybridized carbons (Fsp3) is 0.130. The normalized spacial score (nSPS) is 11.8. The number of rotatable bonds is 5. The van der Waals surface area contributed by atoms with E-state index in [0.717, 1.165) is 28.2 Å². The van der Waals surface area contributed by atoms with Gasteiger partial charge in [-0.3, -0.25) is 4.79 Å². The molecule has 0 spiro atoms. The van der Waals surface area contributed by atoms with E-state index in [0.29, 0.717) is 5.56 Å². The molecule has 0 atom stereocenters. The molecule has 3 aromatic rings. The van der Waals surface area contributed by atoms with Gasteiger partial charge >= 0.3 is 0 Å². The second-order valence-electron chi connectivity index (χ2n) is 6.59. The van der Waals surface area contributed by atoms with Gasteiger partial charge in [0.05, 0.1) is 11.8 Å². The van der Waals surface area contributed by atoms with Gasteiger partial charge < -0.3 is 4.57 Å². The third kappa shape index (κ3) is 4.43. The summed E-state index contributed by atoms with van der Waals surface area (Å²) < 4.78 is 15.1. The Balaban J connectivity index is 1.74. The van der Waals surface area contributed by atoms with E-state index >= 15 is 0 Å². The van der Waals surface area contributed by atoms with Crippen LogP contribution in [0.2, 0.25) is 0 Å². The first-order chi connectivity index (χ1) is 13.5. The van der Waals surface area contributed by atoms with E-state index in [1.165, 1.54) is 12.1 Å². The van der Waals surface area contributed by atoms with Crippen LogP contribution in [0.1, 0.15) is 34.2 Å². The number of nitrogens with zero attached hydrogens (tertiary/aromatic N) is 2. The first-order valence-electron chi connectivity index (χ1n) is 8.97. The van der Waals surface area contributed by atoms with Crippen molar-refractivity contribution in [2.45, 2.75) is 20.8 Å². The minimum absolute atomic E-state index is 0.287. The lowest BCUT2D eigenvalue weighted by Crippen LogP contribution is -2.18. The maximum atomic E-state index is 13.2. The molecule has 1 N–H and O–H groups in total. The fourth-order valence-corrected chi connectivity index (χ4v) is 3.08. The smallest absolute Gasteiger partial charge is 0.273 e. The zero-order valence-electron chi connectivity index (χ0n) is 16.1. The van der Waals surface area contributed by atoms with E-state index in [1.54, 1.807) is 24.4 Å². The number of hydrogen-bond donors (Lipinski definition) is 1. The minimum atomic E-state index is -0.294. The molecule has 0 radical (unpaired) electrons. The largest absolute Gasteiger partial charge is 0.318 e. The second kappa shape index (κ2) is 8.48. The zero-order valence-corrected chi connectivity index (χ0v) is 16.1.